The highest BCUT2D eigenvalue weighted by molar-refractivity contribution is 5.69. The number of nitrogens with zero attached hydrogens (tertiary/aromatic N) is 5. The van der Waals surface area contributed by atoms with E-state index >= 15 is 0 Å². The highest BCUT2D eigenvalue weighted by Gasteiger charge is 2.18. The van der Waals surface area contributed by atoms with Crippen LogP contribution in [0, 0.1) is 0 Å². The Bertz CT molecular complexity index is 778. The molecule has 0 radical (unpaired) electrons. The van der Waals surface area contributed by atoms with E-state index in [9.17, 15) is 0 Å². The number of anilines is 4. The average Bonchev–Trinajstić information content (AvgIpc) is 2.71. The second-order valence-corrected chi connectivity index (χ2v) is 6.45. The molecule has 3 aromatic rings. The van der Waals surface area contributed by atoms with Gasteiger partial charge in [-0.15, -0.1) is 0 Å². The number of hydrogen-bond donors (Lipinski definition) is 1. The lowest BCUT2D eigenvalue weighted by molar-refractivity contribution is 0.460. The maximum absolute atomic E-state index is 4.67. The van der Waals surface area contributed by atoms with E-state index in [1.165, 1.54) is 32.1 Å². The Balaban J connectivity index is 1.66. The summed E-state index contributed by atoms with van der Waals surface area (Å²) >= 11 is 0. The van der Waals surface area contributed by atoms with Crippen LogP contribution in [-0.4, -0.2) is 26.0 Å². The molecule has 1 aromatic carbocycles. The van der Waals surface area contributed by atoms with Crippen molar-refractivity contribution < 1.29 is 0 Å². The van der Waals surface area contributed by atoms with Crippen LogP contribution in [0.5, 0.6) is 0 Å². The van der Waals surface area contributed by atoms with Crippen molar-refractivity contribution in [2.24, 2.45) is 0 Å². The molecule has 1 fully saturated rings. The van der Waals surface area contributed by atoms with Crippen LogP contribution in [0.4, 0.5) is 23.4 Å². The summed E-state index contributed by atoms with van der Waals surface area (Å²) in [5.41, 5.74) is 0.959. The van der Waals surface area contributed by atoms with Crippen LogP contribution in [0.2, 0.25) is 0 Å². The van der Waals surface area contributed by atoms with Gasteiger partial charge in [0, 0.05) is 12.2 Å². The monoisotopic (exact) mass is 346 g/mol. The summed E-state index contributed by atoms with van der Waals surface area (Å²) in [7, 11) is 0. The van der Waals surface area contributed by atoms with Crippen molar-refractivity contribution in [3.63, 3.8) is 0 Å². The van der Waals surface area contributed by atoms with Crippen LogP contribution in [0.1, 0.15) is 32.1 Å². The van der Waals surface area contributed by atoms with Gasteiger partial charge in [-0.2, -0.15) is 4.98 Å². The van der Waals surface area contributed by atoms with E-state index in [-0.39, 0.29) is 0 Å². The van der Waals surface area contributed by atoms with Crippen LogP contribution in [0.25, 0.3) is 0 Å². The van der Waals surface area contributed by atoms with Crippen LogP contribution in [0.3, 0.4) is 0 Å². The number of benzene rings is 1. The number of nitrogens with one attached hydrogen (secondary N) is 1. The predicted molar refractivity (Wildman–Crippen MR) is 103 cm³/mol. The fourth-order valence-electron chi connectivity index (χ4n) is 3.31. The largest absolute Gasteiger partial charge is 0.351 e. The van der Waals surface area contributed by atoms with Crippen molar-refractivity contribution in [2.45, 2.75) is 38.1 Å². The van der Waals surface area contributed by atoms with E-state index < -0.39 is 0 Å². The van der Waals surface area contributed by atoms with Crippen molar-refractivity contribution in [1.82, 2.24) is 19.9 Å². The van der Waals surface area contributed by atoms with Gasteiger partial charge >= 0.3 is 0 Å². The Morgan fingerprint density at radius 2 is 1.65 bits per heavy atom. The van der Waals surface area contributed by atoms with E-state index in [1.807, 2.05) is 53.4 Å². The molecule has 0 spiro atoms. The number of aromatic nitrogens is 4. The summed E-state index contributed by atoms with van der Waals surface area (Å²) in [6.45, 7) is 0. The lowest BCUT2D eigenvalue weighted by atomic mass is 9.96. The molecule has 0 saturated heterocycles. The first-order valence-corrected chi connectivity index (χ1v) is 9.12. The lowest BCUT2D eigenvalue weighted by Crippen LogP contribution is -2.24. The van der Waals surface area contributed by atoms with Crippen molar-refractivity contribution in [2.75, 3.05) is 10.2 Å². The lowest BCUT2D eigenvalue weighted by Gasteiger charge is -2.24. The average molecular weight is 346 g/mol. The van der Waals surface area contributed by atoms with E-state index in [0.29, 0.717) is 17.9 Å². The molecule has 1 aliphatic carbocycles. The number of para-hydroxylation sites is 1. The molecule has 0 atom stereocenters. The standard InChI is InChI=1S/C20H22N6/c1-3-9-16(10-4-1)24-19-22-15-23-20(25-19)26(17-11-5-2-6-12-17)18-13-7-8-14-21-18/h2,5-8,11-16H,1,3-4,9-10H2,(H,22,23,24,25). The fourth-order valence-corrected chi connectivity index (χ4v) is 3.31. The fraction of sp³-hybridized carbons (Fsp3) is 0.300. The topological polar surface area (TPSA) is 66.8 Å². The molecule has 6 nitrogen and oxygen atoms in total. The quantitative estimate of drug-likeness (QED) is 0.734. The molecule has 2 aromatic heterocycles. The zero-order chi connectivity index (χ0) is 17.6. The number of pyridine rings is 1. The third kappa shape index (κ3) is 3.79. The van der Waals surface area contributed by atoms with E-state index in [4.69, 9.17) is 0 Å². The second kappa shape index (κ2) is 7.91. The first-order chi connectivity index (χ1) is 12.9. The third-order valence-corrected chi connectivity index (χ3v) is 4.59. The van der Waals surface area contributed by atoms with Crippen LogP contribution >= 0.6 is 0 Å². The molecule has 6 heteroatoms. The molecule has 0 unspecified atom stereocenters. The second-order valence-electron chi connectivity index (χ2n) is 6.45. The summed E-state index contributed by atoms with van der Waals surface area (Å²) in [6, 6.07) is 16.3. The molecule has 0 aliphatic heterocycles. The van der Waals surface area contributed by atoms with Gasteiger partial charge in [-0.1, -0.05) is 43.5 Å². The molecule has 0 bridgehead atoms. The summed E-state index contributed by atoms with van der Waals surface area (Å²) in [5, 5.41) is 3.47. The van der Waals surface area contributed by atoms with Crippen molar-refractivity contribution >= 4 is 23.4 Å². The smallest absolute Gasteiger partial charge is 0.240 e. The molecule has 1 N–H and O–H groups in total. The Morgan fingerprint density at radius 3 is 2.42 bits per heavy atom. The van der Waals surface area contributed by atoms with Gasteiger partial charge in [0.25, 0.3) is 0 Å². The van der Waals surface area contributed by atoms with Gasteiger partial charge in [0.05, 0.1) is 5.69 Å². The molecule has 2 heterocycles. The predicted octanol–water partition coefficient (Wildman–Crippen LogP) is 4.48. The van der Waals surface area contributed by atoms with E-state index in [0.717, 1.165) is 11.5 Å². The highest BCUT2D eigenvalue weighted by atomic mass is 15.3. The minimum Gasteiger partial charge on any atom is -0.351 e. The highest BCUT2D eigenvalue weighted by Crippen LogP contribution is 2.30. The Kier molecular flexibility index (Phi) is 5.00. The Labute approximate surface area is 153 Å². The van der Waals surface area contributed by atoms with Gasteiger partial charge in [0.1, 0.15) is 12.1 Å². The molecule has 26 heavy (non-hydrogen) atoms. The molecule has 1 saturated carbocycles. The molecular formula is C20H22N6. The summed E-state index contributed by atoms with van der Waals surface area (Å²) in [6.07, 6.45) is 9.52. The van der Waals surface area contributed by atoms with Gasteiger partial charge in [-0.25, -0.2) is 15.0 Å². The molecule has 4 rings (SSSR count). The van der Waals surface area contributed by atoms with Crippen LogP contribution in [0.15, 0.2) is 61.1 Å². The maximum Gasteiger partial charge on any atom is 0.240 e. The number of hydrogen-bond acceptors (Lipinski definition) is 6. The Hall–Kier alpha value is -3.02. The van der Waals surface area contributed by atoms with Gasteiger partial charge in [0.2, 0.25) is 11.9 Å². The van der Waals surface area contributed by atoms with Crippen molar-refractivity contribution in [3.8, 4) is 0 Å². The molecule has 1 aliphatic rings. The first-order valence-electron chi connectivity index (χ1n) is 9.12. The molecule has 132 valence electrons. The zero-order valence-electron chi connectivity index (χ0n) is 14.6. The summed E-state index contributed by atoms with van der Waals surface area (Å²) < 4.78 is 0. The van der Waals surface area contributed by atoms with Gasteiger partial charge in [-0.3, -0.25) is 4.90 Å². The molecular weight excluding hydrogens is 324 g/mol. The summed E-state index contributed by atoms with van der Waals surface area (Å²) in [5.74, 6) is 1.95. The normalized spacial score (nSPS) is 14.8. The van der Waals surface area contributed by atoms with Crippen LogP contribution in [-0.2, 0) is 0 Å². The van der Waals surface area contributed by atoms with Gasteiger partial charge in [-0.05, 0) is 37.1 Å². The zero-order valence-corrected chi connectivity index (χ0v) is 14.6. The SMILES string of the molecule is c1ccc(N(c2ccccn2)c2ncnc(NC3CCCCC3)n2)cc1. The number of rotatable bonds is 5. The minimum atomic E-state index is 0.444. The molecule has 0 amide bonds. The van der Waals surface area contributed by atoms with Gasteiger partial charge < -0.3 is 5.32 Å². The Morgan fingerprint density at radius 1 is 0.846 bits per heavy atom. The van der Waals surface area contributed by atoms with Crippen molar-refractivity contribution in [1.29, 1.82) is 0 Å². The summed E-state index contributed by atoms with van der Waals surface area (Å²) in [4.78, 5) is 19.8. The van der Waals surface area contributed by atoms with E-state index in [1.54, 1.807) is 12.5 Å². The van der Waals surface area contributed by atoms with Crippen molar-refractivity contribution in [3.05, 3.63) is 61.1 Å². The van der Waals surface area contributed by atoms with Gasteiger partial charge in [0.15, 0.2) is 0 Å². The van der Waals surface area contributed by atoms with E-state index in [2.05, 4.69) is 25.3 Å². The third-order valence-electron chi connectivity index (χ3n) is 4.59. The maximum atomic E-state index is 4.67. The van der Waals surface area contributed by atoms with Crippen LogP contribution < -0.4 is 10.2 Å². The first kappa shape index (κ1) is 16.4. The minimum absolute atomic E-state index is 0.444.